The van der Waals surface area contributed by atoms with Crippen molar-refractivity contribution < 1.29 is 19.7 Å². The van der Waals surface area contributed by atoms with E-state index in [1.807, 2.05) is 0 Å². The zero-order chi connectivity index (χ0) is 35.0. The topological polar surface area (TPSA) is 66.8 Å². The largest absolute Gasteiger partial charge is 0.462 e. The van der Waals surface area contributed by atoms with Gasteiger partial charge < -0.3 is 14.9 Å². The number of ether oxygens (including phenoxy) is 1. The summed E-state index contributed by atoms with van der Waals surface area (Å²) in [6, 6.07) is 0. The van der Waals surface area contributed by atoms with Crippen molar-refractivity contribution >= 4 is 5.97 Å². The van der Waals surface area contributed by atoms with Crippen LogP contribution in [0.25, 0.3) is 0 Å². The number of aliphatic hydroxyl groups is 2. The Labute approximate surface area is 296 Å². The van der Waals surface area contributed by atoms with Crippen LogP contribution in [-0.2, 0) is 9.53 Å². The molecule has 4 heteroatoms. The summed E-state index contributed by atoms with van der Waals surface area (Å²) in [7, 11) is 0. The van der Waals surface area contributed by atoms with Gasteiger partial charge in [0.25, 0.3) is 0 Å². The Hall–Kier alpha value is -0.870. The lowest BCUT2D eigenvalue weighted by Crippen LogP contribution is -2.69. The Balaban J connectivity index is 1.19. The van der Waals surface area contributed by atoms with Crippen molar-refractivity contribution in [1.82, 2.24) is 0 Å². The number of esters is 1. The molecule has 0 unspecified atom stereocenters. The fourth-order valence-corrected chi connectivity index (χ4v) is 13.8. The minimum atomic E-state index is -0.310. The summed E-state index contributed by atoms with van der Waals surface area (Å²) in [5, 5.41) is 22.2. The third-order valence-electron chi connectivity index (χ3n) is 16.8. The molecule has 4 fully saturated rings. The molecule has 11 atom stereocenters. The average Bonchev–Trinajstić information content (AvgIpc) is 3.02. The second-order valence-electron chi connectivity index (χ2n) is 19.5. The number of fused-ring (bicyclic) bond motifs is 7. The highest BCUT2D eigenvalue weighted by Gasteiger charge is 2.71. The van der Waals surface area contributed by atoms with E-state index in [2.05, 4.69) is 61.5 Å². The van der Waals surface area contributed by atoms with Crippen molar-refractivity contribution in [1.29, 1.82) is 0 Å². The maximum Gasteiger partial charge on any atom is 0.306 e. The highest BCUT2D eigenvalue weighted by molar-refractivity contribution is 5.69. The summed E-state index contributed by atoms with van der Waals surface area (Å²) in [6.07, 6.45) is 25.5. The van der Waals surface area contributed by atoms with E-state index in [-0.39, 0.29) is 51.9 Å². The lowest BCUT2D eigenvalue weighted by molar-refractivity contribution is -0.268. The number of hydrogen-bond donors (Lipinski definition) is 2. The van der Waals surface area contributed by atoms with Crippen LogP contribution < -0.4 is 0 Å². The summed E-state index contributed by atoms with van der Waals surface area (Å²) >= 11 is 0. The molecule has 0 aromatic heterocycles. The second kappa shape index (κ2) is 15.0. The molecular weight excluding hydrogens is 592 g/mol. The van der Waals surface area contributed by atoms with E-state index in [9.17, 15) is 15.0 Å². The molecule has 0 spiro atoms. The van der Waals surface area contributed by atoms with E-state index >= 15 is 0 Å². The third kappa shape index (κ3) is 6.63. The molecule has 4 saturated carbocycles. The van der Waals surface area contributed by atoms with Crippen LogP contribution in [0.5, 0.6) is 0 Å². The highest BCUT2D eigenvalue weighted by Crippen LogP contribution is 2.76. The van der Waals surface area contributed by atoms with E-state index in [0.29, 0.717) is 36.0 Å². The summed E-state index contributed by atoms with van der Waals surface area (Å²) in [5.41, 5.74) is 1.49. The molecule has 0 aromatic carbocycles. The molecule has 2 N–H and O–H groups in total. The van der Waals surface area contributed by atoms with Crippen LogP contribution >= 0.6 is 0 Å². The number of allylic oxidation sites excluding steroid dienone is 1. The standard InChI is InChI=1S/C44H76O4/c1-9-10-11-12-13-14-15-16-17-18-19-20-38(47)48-37-25-27-41(5)34(40(37,3)4)24-28-43(7)35(41)22-21-33-39-31(2)32(30-45)23-26-42(39,6)36(46)29-44(33,43)8/h23,31,33-37,39,45-46H,9-22,24-30H2,1-8H3/t31-,33-,34+,35-,36+,37+,39-,41+,42-,43-,44-/m1/s1. The Morgan fingerprint density at radius 2 is 1.42 bits per heavy atom. The Morgan fingerprint density at radius 1 is 0.792 bits per heavy atom. The van der Waals surface area contributed by atoms with Crippen molar-refractivity contribution in [2.75, 3.05) is 6.61 Å². The first-order chi connectivity index (χ1) is 22.7. The number of unbranched alkanes of at least 4 members (excludes halogenated alkanes) is 10. The van der Waals surface area contributed by atoms with E-state index in [1.165, 1.54) is 89.0 Å². The quantitative estimate of drug-likeness (QED) is 0.110. The fraction of sp³-hybridized carbons (Fsp3) is 0.932. The zero-order valence-electron chi connectivity index (χ0n) is 32.7. The van der Waals surface area contributed by atoms with Crippen LogP contribution in [0, 0.1) is 56.7 Å². The third-order valence-corrected chi connectivity index (χ3v) is 16.8. The fourth-order valence-electron chi connectivity index (χ4n) is 13.8. The van der Waals surface area contributed by atoms with Crippen LogP contribution in [0.2, 0.25) is 0 Å². The van der Waals surface area contributed by atoms with Gasteiger partial charge in [-0.05, 0) is 109 Å². The first-order valence-corrected chi connectivity index (χ1v) is 20.9. The predicted octanol–water partition coefficient (Wildman–Crippen LogP) is 11.2. The van der Waals surface area contributed by atoms with Gasteiger partial charge in [0.05, 0.1) is 12.7 Å². The summed E-state index contributed by atoms with van der Waals surface area (Å²) in [5.74, 6) is 2.47. The lowest BCUT2D eigenvalue weighted by Gasteiger charge is -2.74. The second-order valence-corrected chi connectivity index (χ2v) is 19.5. The van der Waals surface area contributed by atoms with Crippen LogP contribution in [0.4, 0.5) is 0 Å². The molecule has 0 amide bonds. The normalized spacial score (nSPS) is 43.3. The molecule has 0 bridgehead atoms. The van der Waals surface area contributed by atoms with Crippen molar-refractivity contribution in [3.8, 4) is 0 Å². The molecule has 0 saturated heterocycles. The number of carbonyl (C=O) groups is 1. The molecule has 0 aromatic rings. The highest BCUT2D eigenvalue weighted by atomic mass is 16.5. The van der Waals surface area contributed by atoms with Gasteiger partial charge in [-0.2, -0.15) is 0 Å². The number of hydrogen-bond acceptors (Lipinski definition) is 4. The first kappa shape index (κ1) is 38.4. The predicted molar refractivity (Wildman–Crippen MR) is 198 cm³/mol. The number of carbonyl (C=O) groups excluding carboxylic acids is 1. The van der Waals surface area contributed by atoms with Crippen LogP contribution in [-0.4, -0.2) is 35.0 Å². The minimum absolute atomic E-state index is 0.0102. The van der Waals surface area contributed by atoms with Crippen LogP contribution in [0.3, 0.4) is 0 Å². The molecule has 4 nitrogen and oxygen atoms in total. The Kier molecular flexibility index (Phi) is 12.0. The van der Waals surface area contributed by atoms with Crippen molar-refractivity contribution in [2.24, 2.45) is 56.7 Å². The van der Waals surface area contributed by atoms with Gasteiger partial charge in [-0.1, -0.05) is 126 Å². The number of rotatable bonds is 14. The van der Waals surface area contributed by atoms with Gasteiger partial charge >= 0.3 is 5.97 Å². The lowest BCUT2D eigenvalue weighted by atomic mass is 9.31. The Bertz CT molecular complexity index is 1130. The molecule has 276 valence electrons. The van der Waals surface area contributed by atoms with Crippen LogP contribution in [0.15, 0.2) is 11.6 Å². The minimum Gasteiger partial charge on any atom is -0.462 e. The molecular formula is C44H76O4. The van der Waals surface area contributed by atoms with Crippen LogP contribution in [0.1, 0.15) is 184 Å². The smallest absolute Gasteiger partial charge is 0.306 e. The average molecular weight is 669 g/mol. The molecule has 48 heavy (non-hydrogen) atoms. The first-order valence-electron chi connectivity index (χ1n) is 20.9. The van der Waals surface area contributed by atoms with Gasteiger partial charge in [-0.15, -0.1) is 0 Å². The SMILES string of the molecule is CCCCCCCCCCCCCC(=O)O[C@H]1CC[C@]2(C)[C@H]3CC[C@@H]4[C@H]5[C@H](C)C(CO)=CC[C@]5(C)[C@@H](O)C[C@@]4(C)[C@]3(C)CC[C@H]2C1(C)C. The maximum absolute atomic E-state index is 13.2. The van der Waals surface area contributed by atoms with Crippen molar-refractivity contribution in [3.63, 3.8) is 0 Å². The molecule has 5 aliphatic carbocycles. The summed E-state index contributed by atoms with van der Waals surface area (Å²) < 4.78 is 6.38. The van der Waals surface area contributed by atoms with Gasteiger partial charge in [-0.3, -0.25) is 4.79 Å². The summed E-state index contributed by atoms with van der Waals surface area (Å²) in [6.45, 7) is 19.7. The maximum atomic E-state index is 13.2. The van der Waals surface area contributed by atoms with Gasteiger partial charge in [0, 0.05) is 17.3 Å². The molecule has 0 heterocycles. The van der Waals surface area contributed by atoms with Gasteiger partial charge in [0.15, 0.2) is 0 Å². The van der Waals surface area contributed by atoms with E-state index in [0.717, 1.165) is 38.5 Å². The van der Waals surface area contributed by atoms with E-state index < -0.39 is 0 Å². The number of aliphatic hydroxyl groups excluding tert-OH is 2. The van der Waals surface area contributed by atoms with Crippen molar-refractivity contribution in [3.05, 3.63) is 11.6 Å². The molecule has 0 aliphatic heterocycles. The summed E-state index contributed by atoms with van der Waals surface area (Å²) in [4.78, 5) is 13.2. The molecule has 5 aliphatic rings. The van der Waals surface area contributed by atoms with Crippen molar-refractivity contribution in [2.45, 2.75) is 196 Å². The zero-order valence-corrected chi connectivity index (χ0v) is 32.7. The van der Waals surface area contributed by atoms with Gasteiger partial charge in [0.2, 0.25) is 0 Å². The van der Waals surface area contributed by atoms with Gasteiger partial charge in [0.1, 0.15) is 6.10 Å². The van der Waals surface area contributed by atoms with E-state index in [1.54, 1.807) is 0 Å². The molecule has 5 rings (SSSR count). The van der Waals surface area contributed by atoms with E-state index in [4.69, 9.17) is 4.74 Å². The Morgan fingerprint density at radius 3 is 2.04 bits per heavy atom. The molecule has 0 radical (unpaired) electrons. The monoisotopic (exact) mass is 669 g/mol. The van der Waals surface area contributed by atoms with Gasteiger partial charge in [-0.25, -0.2) is 0 Å².